The monoisotopic (exact) mass is 245 g/mol. The van der Waals surface area contributed by atoms with Crippen molar-refractivity contribution in [3.63, 3.8) is 0 Å². The van der Waals surface area contributed by atoms with Gasteiger partial charge in [0.2, 0.25) is 5.56 Å². The van der Waals surface area contributed by atoms with Crippen molar-refractivity contribution < 1.29 is 9.53 Å². The maximum Gasteiger partial charge on any atom is 0.311 e. The predicted molar refractivity (Wildman–Crippen MR) is 50.5 cm³/mol. The minimum absolute atomic E-state index is 0.0627. The van der Waals surface area contributed by atoms with Crippen molar-refractivity contribution in [1.29, 1.82) is 0 Å². The number of hydrogen-bond donors (Lipinski definition) is 1. The Morgan fingerprint density at radius 3 is 2.92 bits per heavy atom. The van der Waals surface area contributed by atoms with E-state index in [0.717, 1.165) is 0 Å². The molecule has 0 saturated heterocycles. The molecule has 0 spiro atoms. The molecule has 0 aliphatic heterocycles. The number of aromatic amines is 1. The lowest BCUT2D eigenvalue weighted by atomic mass is 10.3. The van der Waals surface area contributed by atoms with Gasteiger partial charge in [-0.2, -0.15) is 0 Å². The second-order valence-electron chi connectivity index (χ2n) is 2.40. The number of esters is 1. The molecule has 0 bridgehead atoms. The molecular formula is C8H8BrNO3. The maximum atomic E-state index is 10.9. The Hall–Kier alpha value is -1.10. The van der Waals surface area contributed by atoms with Crippen LogP contribution in [-0.4, -0.2) is 18.1 Å². The average molecular weight is 246 g/mol. The van der Waals surface area contributed by atoms with E-state index in [9.17, 15) is 9.59 Å². The molecule has 0 fully saturated rings. The number of rotatable bonds is 2. The van der Waals surface area contributed by atoms with Crippen LogP contribution in [0.2, 0.25) is 0 Å². The van der Waals surface area contributed by atoms with Gasteiger partial charge in [-0.25, -0.2) is 0 Å². The summed E-state index contributed by atoms with van der Waals surface area (Å²) in [6.07, 6.45) is 0.0627. The lowest BCUT2D eigenvalue weighted by Gasteiger charge is -2.01. The molecule has 0 aliphatic rings. The van der Waals surface area contributed by atoms with E-state index in [0.29, 0.717) is 10.2 Å². The number of aromatic nitrogens is 1. The summed E-state index contributed by atoms with van der Waals surface area (Å²) in [6.45, 7) is 0. The minimum atomic E-state index is -0.387. The van der Waals surface area contributed by atoms with Crippen molar-refractivity contribution in [3.8, 4) is 0 Å². The summed E-state index contributed by atoms with van der Waals surface area (Å²) in [5.74, 6) is -0.387. The van der Waals surface area contributed by atoms with Gasteiger partial charge in [-0.15, -0.1) is 0 Å². The molecule has 0 aliphatic carbocycles. The lowest BCUT2D eigenvalue weighted by Crippen LogP contribution is -2.12. The Balaban J connectivity index is 2.94. The van der Waals surface area contributed by atoms with Gasteiger partial charge in [-0.3, -0.25) is 9.59 Å². The standard InChI is InChI=1S/C8H8BrNO3/c1-13-8(12)4-6-5(9)2-3-7(11)10-6/h2-3H,4H2,1H3,(H,10,11). The zero-order chi connectivity index (χ0) is 9.84. The fourth-order valence-corrected chi connectivity index (χ4v) is 1.22. The van der Waals surface area contributed by atoms with Gasteiger partial charge in [0.15, 0.2) is 0 Å². The number of pyridine rings is 1. The number of carbonyl (C=O) groups is 1. The van der Waals surface area contributed by atoms with Gasteiger partial charge in [0, 0.05) is 16.2 Å². The normalized spacial score (nSPS) is 9.69. The van der Waals surface area contributed by atoms with Crippen LogP contribution in [-0.2, 0) is 16.0 Å². The fraction of sp³-hybridized carbons (Fsp3) is 0.250. The highest BCUT2D eigenvalue weighted by Crippen LogP contribution is 2.12. The number of methoxy groups -OCH3 is 1. The molecule has 0 saturated carbocycles. The molecule has 13 heavy (non-hydrogen) atoms. The smallest absolute Gasteiger partial charge is 0.311 e. The van der Waals surface area contributed by atoms with Gasteiger partial charge in [0.05, 0.1) is 13.5 Å². The van der Waals surface area contributed by atoms with E-state index >= 15 is 0 Å². The van der Waals surface area contributed by atoms with E-state index in [-0.39, 0.29) is 17.9 Å². The molecule has 0 unspecified atom stereocenters. The first-order valence-corrected chi connectivity index (χ1v) is 4.37. The van der Waals surface area contributed by atoms with Crippen molar-refractivity contribution in [2.75, 3.05) is 7.11 Å². The number of hydrogen-bond acceptors (Lipinski definition) is 3. The van der Waals surface area contributed by atoms with Gasteiger partial charge in [0.25, 0.3) is 0 Å². The molecule has 1 aromatic rings. The van der Waals surface area contributed by atoms with Crippen molar-refractivity contribution in [3.05, 3.63) is 32.7 Å². The third-order valence-electron chi connectivity index (χ3n) is 1.49. The number of nitrogens with one attached hydrogen (secondary N) is 1. The molecule has 1 heterocycles. The third-order valence-corrected chi connectivity index (χ3v) is 2.24. The average Bonchev–Trinajstić information content (AvgIpc) is 2.11. The van der Waals surface area contributed by atoms with E-state index in [2.05, 4.69) is 25.7 Å². The molecule has 0 radical (unpaired) electrons. The Bertz CT molecular complexity index is 372. The fourth-order valence-electron chi connectivity index (χ4n) is 0.845. The van der Waals surface area contributed by atoms with Crippen molar-refractivity contribution in [2.24, 2.45) is 0 Å². The molecule has 1 aromatic heterocycles. The van der Waals surface area contributed by atoms with Crippen LogP contribution in [0.4, 0.5) is 0 Å². The maximum absolute atomic E-state index is 10.9. The molecule has 0 amide bonds. The highest BCUT2D eigenvalue weighted by atomic mass is 79.9. The predicted octanol–water partition coefficient (Wildman–Crippen LogP) is 0.853. The summed E-state index contributed by atoms with van der Waals surface area (Å²) < 4.78 is 5.16. The molecule has 0 atom stereocenters. The van der Waals surface area contributed by atoms with Gasteiger partial charge < -0.3 is 9.72 Å². The minimum Gasteiger partial charge on any atom is -0.469 e. The van der Waals surface area contributed by atoms with E-state index in [1.54, 1.807) is 6.07 Å². The topological polar surface area (TPSA) is 59.2 Å². The zero-order valence-electron chi connectivity index (χ0n) is 6.96. The van der Waals surface area contributed by atoms with Gasteiger partial charge in [0.1, 0.15) is 0 Å². The summed E-state index contributed by atoms with van der Waals surface area (Å²) in [6, 6.07) is 2.97. The van der Waals surface area contributed by atoms with E-state index < -0.39 is 0 Å². The molecular weight excluding hydrogens is 238 g/mol. The van der Waals surface area contributed by atoms with E-state index in [4.69, 9.17) is 0 Å². The molecule has 1 rings (SSSR count). The van der Waals surface area contributed by atoms with Crippen LogP contribution in [0.5, 0.6) is 0 Å². The quantitative estimate of drug-likeness (QED) is 0.787. The summed E-state index contributed by atoms with van der Waals surface area (Å²) in [5.41, 5.74) is 0.293. The van der Waals surface area contributed by atoms with Crippen molar-refractivity contribution in [1.82, 2.24) is 4.98 Å². The van der Waals surface area contributed by atoms with Crippen LogP contribution < -0.4 is 5.56 Å². The number of halogens is 1. The van der Waals surface area contributed by atoms with Crippen molar-refractivity contribution in [2.45, 2.75) is 6.42 Å². The SMILES string of the molecule is COC(=O)Cc1[nH]c(=O)ccc1Br. The largest absolute Gasteiger partial charge is 0.469 e. The summed E-state index contributed by atoms with van der Waals surface area (Å²) >= 11 is 3.21. The molecule has 4 nitrogen and oxygen atoms in total. The van der Waals surface area contributed by atoms with Gasteiger partial charge >= 0.3 is 5.97 Å². The Morgan fingerprint density at radius 1 is 1.62 bits per heavy atom. The van der Waals surface area contributed by atoms with Crippen LogP contribution in [0.3, 0.4) is 0 Å². The van der Waals surface area contributed by atoms with Gasteiger partial charge in [-0.1, -0.05) is 0 Å². The van der Waals surface area contributed by atoms with Crippen molar-refractivity contribution >= 4 is 21.9 Å². The summed E-state index contributed by atoms with van der Waals surface area (Å²) in [4.78, 5) is 24.3. The Morgan fingerprint density at radius 2 is 2.31 bits per heavy atom. The number of carbonyl (C=O) groups excluding carboxylic acids is 1. The summed E-state index contributed by atoms with van der Waals surface area (Å²) in [7, 11) is 1.30. The first kappa shape index (κ1) is 9.98. The van der Waals surface area contributed by atoms with Gasteiger partial charge in [-0.05, 0) is 22.0 Å². The highest BCUT2D eigenvalue weighted by molar-refractivity contribution is 9.10. The number of ether oxygens (including phenoxy) is 1. The van der Waals surface area contributed by atoms with Crippen LogP contribution in [0.25, 0.3) is 0 Å². The second-order valence-corrected chi connectivity index (χ2v) is 3.26. The number of H-pyrrole nitrogens is 1. The Labute approximate surface area is 83.1 Å². The molecule has 70 valence electrons. The third kappa shape index (κ3) is 2.69. The first-order valence-electron chi connectivity index (χ1n) is 3.58. The van der Waals surface area contributed by atoms with Crippen LogP contribution in [0.15, 0.2) is 21.4 Å². The second kappa shape index (κ2) is 4.23. The summed E-state index contributed by atoms with van der Waals surface area (Å²) in [5, 5.41) is 0. The van der Waals surface area contributed by atoms with Crippen LogP contribution in [0.1, 0.15) is 5.69 Å². The molecule has 0 aromatic carbocycles. The first-order chi connectivity index (χ1) is 6.13. The van der Waals surface area contributed by atoms with E-state index in [1.165, 1.54) is 13.2 Å². The molecule has 5 heteroatoms. The molecule has 1 N–H and O–H groups in total. The Kier molecular flexibility index (Phi) is 3.25. The van der Waals surface area contributed by atoms with Crippen LogP contribution >= 0.6 is 15.9 Å². The zero-order valence-corrected chi connectivity index (χ0v) is 8.55. The highest BCUT2D eigenvalue weighted by Gasteiger charge is 2.06. The lowest BCUT2D eigenvalue weighted by molar-refractivity contribution is -0.139. The van der Waals surface area contributed by atoms with Crippen LogP contribution in [0, 0.1) is 0 Å². The van der Waals surface area contributed by atoms with E-state index in [1.807, 2.05) is 0 Å².